The van der Waals surface area contributed by atoms with Crippen LogP contribution in [0.25, 0.3) is 10.3 Å². The van der Waals surface area contributed by atoms with Gasteiger partial charge in [-0.15, -0.1) is 0 Å². The van der Waals surface area contributed by atoms with Crippen molar-refractivity contribution in [1.29, 1.82) is 0 Å². The first-order valence-electron chi connectivity index (χ1n) is 7.99. The molecule has 0 radical (unpaired) electrons. The second-order valence-electron chi connectivity index (χ2n) is 6.22. The minimum absolute atomic E-state index is 0.0255. The molecule has 4 rings (SSSR count). The zero-order chi connectivity index (χ0) is 16.8. The number of nitrogens with two attached hydrogens (primary N) is 1. The number of nitrogens with zero attached hydrogens (tertiary/aromatic N) is 3. The minimum Gasteiger partial charge on any atom is -0.394 e. The molecule has 10 heteroatoms. The van der Waals surface area contributed by atoms with Gasteiger partial charge in [0, 0.05) is 0 Å². The zero-order valence-electron chi connectivity index (χ0n) is 13.0. The fourth-order valence-corrected chi connectivity index (χ4v) is 4.49. The fraction of sp³-hybridized carbons (Fsp3) is 0.643. The molecule has 3 atom stereocenters. The van der Waals surface area contributed by atoms with E-state index in [2.05, 4.69) is 14.9 Å². The van der Waals surface area contributed by atoms with Gasteiger partial charge in [0.1, 0.15) is 4.70 Å². The van der Waals surface area contributed by atoms with Crippen LogP contribution in [-0.2, 0) is 4.74 Å². The molecule has 0 amide bonds. The van der Waals surface area contributed by atoms with Crippen molar-refractivity contribution in [3.63, 3.8) is 0 Å². The molecule has 130 valence electrons. The average Bonchev–Trinajstić information content (AvgIpc) is 3.24. The maximum Gasteiger partial charge on any atom is 0.311 e. The number of nitrogens with one attached hydrogen (secondary N) is 1. The summed E-state index contributed by atoms with van der Waals surface area (Å²) in [6, 6.07) is -0.0255. The van der Waals surface area contributed by atoms with E-state index in [0.717, 1.165) is 37.3 Å². The molecule has 24 heavy (non-hydrogen) atoms. The fourth-order valence-electron chi connectivity index (χ4n) is 3.65. The Labute approximate surface area is 140 Å². The number of hydrogen-bond donors (Lipinski definition) is 3. The first-order valence-corrected chi connectivity index (χ1v) is 8.81. The summed E-state index contributed by atoms with van der Waals surface area (Å²) in [6.07, 6.45) is 1.95. The molecular weight excluding hydrogens is 334 g/mol. The smallest absolute Gasteiger partial charge is 0.311 e. The number of hydrogen-bond acceptors (Lipinski definition) is 8. The van der Waals surface area contributed by atoms with Crippen molar-refractivity contribution in [3.05, 3.63) is 20.0 Å². The first-order chi connectivity index (χ1) is 11.6. The molecule has 0 aliphatic carbocycles. The molecule has 9 nitrogen and oxygen atoms in total. The monoisotopic (exact) mass is 353 g/mol. The van der Waals surface area contributed by atoms with Gasteiger partial charge in [0.05, 0.1) is 18.8 Å². The molecule has 2 aliphatic heterocycles. The van der Waals surface area contributed by atoms with Crippen molar-refractivity contribution >= 4 is 27.6 Å². The van der Waals surface area contributed by atoms with Gasteiger partial charge in [0.15, 0.2) is 11.9 Å². The number of anilines is 1. The van der Waals surface area contributed by atoms with Crippen LogP contribution in [-0.4, -0.2) is 56.4 Å². The number of thiazole rings is 1. The van der Waals surface area contributed by atoms with Gasteiger partial charge in [-0.2, -0.15) is 4.98 Å². The SMILES string of the molecule is Nc1nc2c(sc(=O)n2[C@@H]2OC(CO)C[C@H]2N2CCCC2)c(=O)[nH]1. The lowest BCUT2D eigenvalue weighted by atomic mass is 10.1. The lowest BCUT2D eigenvalue weighted by Gasteiger charge is -2.28. The summed E-state index contributed by atoms with van der Waals surface area (Å²) in [5.74, 6) is -0.0338. The Balaban J connectivity index is 1.84. The van der Waals surface area contributed by atoms with E-state index in [9.17, 15) is 14.7 Å². The first kappa shape index (κ1) is 15.8. The van der Waals surface area contributed by atoms with Crippen LogP contribution in [0.5, 0.6) is 0 Å². The van der Waals surface area contributed by atoms with Gasteiger partial charge in [0.2, 0.25) is 5.95 Å². The van der Waals surface area contributed by atoms with E-state index < -0.39 is 11.8 Å². The van der Waals surface area contributed by atoms with Gasteiger partial charge in [-0.3, -0.25) is 24.0 Å². The van der Waals surface area contributed by atoms with Gasteiger partial charge in [-0.25, -0.2) is 0 Å². The molecule has 2 aromatic rings. The van der Waals surface area contributed by atoms with E-state index in [1.165, 1.54) is 4.57 Å². The summed E-state index contributed by atoms with van der Waals surface area (Å²) >= 11 is 0.839. The summed E-state index contributed by atoms with van der Waals surface area (Å²) < 4.78 is 7.60. The maximum absolute atomic E-state index is 12.5. The maximum atomic E-state index is 12.5. The van der Waals surface area contributed by atoms with Crippen LogP contribution in [0.1, 0.15) is 25.5 Å². The molecule has 2 aromatic heterocycles. The predicted molar refractivity (Wildman–Crippen MR) is 89.1 cm³/mol. The highest BCUT2D eigenvalue weighted by Gasteiger charge is 2.42. The number of likely N-dealkylation sites (tertiary alicyclic amines) is 1. The van der Waals surface area contributed by atoms with Crippen molar-refractivity contribution in [2.24, 2.45) is 0 Å². The zero-order valence-corrected chi connectivity index (χ0v) is 13.8. The highest BCUT2D eigenvalue weighted by molar-refractivity contribution is 7.16. The van der Waals surface area contributed by atoms with Crippen molar-refractivity contribution in [1.82, 2.24) is 19.4 Å². The van der Waals surface area contributed by atoms with Crippen LogP contribution in [0.4, 0.5) is 5.95 Å². The molecule has 2 saturated heterocycles. The molecule has 4 heterocycles. The van der Waals surface area contributed by atoms with Crippen LogP contribution >= 0.6 is 11.3 Å². The van der Waals surface area contributed by atoms with Crippen molar-refractivity contribution < 1.29 is 9.84 Å². The highest BCUT2D eigenvalue weighted by Crippen LogP contribution is 2.35. The topological polar surface area (TPSA) is 126 Å². The van der Waals surface area contributed by atoms with Gasteiger partial charge in [-0.05, 0) is 32.4 Å². The number of aliphatic hydroxyl groups excluding tert-OH is 1. The second kappa shape index (κ2) is 5.96. The molecule has 2 fully saturated rings. The average molecular weight is 353 g/mol. The molecule has 1 unspecified atom stereocenters. The number of fused-ring (bicyclic) bond motifs is 1. The number of nitrogen functional groups attached to an aromatic ring is 1. The molecule has 2 aliphatic rings. The van der Waals surface area contributed by atoms with E-state index >= 15 is 0 Å². The van der Waals surface area contributed by atoms with E-state index in [-0.39, 0.29) is 39.9 Å². The quantitative estimate of drug-likeness (QED) is 0.677. The third-order valence-corrected chi connectivity index (χ3v) is 5.67. The Morgan fingerprint density at radius 3 is 2.83 bits per heavy atom. The van der Waals surface area contributed by atoms with Crippen LogP contribution in [0.3, 0.4) is 0 Å². The lowest BCUT2D eigenvalue weighted by Crippen LogP contribution is -2.39. The Morgan fingerprint density at radius 1 is 1.38 bits per heavy atom. The predicted octanol–water partition coefficient (Wildman–Crippen LogP) is -0.527. The second-order valence-corrected chi connectivity index (χ2v) is 7.18. The summed E-state index contributed by atoms with van der Waals surface area (Å²) in [4.78, 5) is 33.1. The third kappa shape index (κ3) is 2.46. The molecular formula is C14H19N5O4S. The van der Waals surface area contributed by atoms with Crippen molar-refractivity contribution in [2.45, 2.75) is 37.6 Å². The largest absolute Gasteiger partial charge is 0.394 e. The van der Waals surface area contributed by atoms with Gasteiger partial charge in [0.25, 0.3) is 5.56 Å². The minimum atomic E-state index is -0.574. The third-order valence-electron chi connectivity index (χ3n) is 4.72. The standard InChI is InChI=1S/C14H19N5O4S/c15-13-16-10-9(11(21)17-13)24-14(22)19(10)12-8(5-7(6-20)23-12)18-3-1-2-4-18/h7-8,12,20H,1-6H2,(H3,15,16,17,21)/t7?,8-,12-/m1/s1. The van der Waals surface area contributed by atoms with E-state index in [1.54, 1.807) is 0 Å². The summed E-state index contributed by atoms with van der Waals surface area (Å²) in [7, 11) is 0. The van der Waals surface area contributed by atoms with Gasteiger partial charge in [-0.1, -0.05) is 11.3 Å². The van der Waals surface area contributed by atoms with E-state index in [1.807, 2.05) is 0 Å². The number of aromatic amines is 1. The number of rotatable bonds is 3. The van der Waals surface area contributed by atoms with Gasteiger partial charge < -0.3 is 15.6 Å². The summed E-state index contributed by atoms with van der Waals surface area (Å²) in [5, 5.41) is 9.49. The Kier molecular flexibility index (Phi) is 3.91. The van der Waals surface area contributed by atoms with Crippen LogP contribution in [0, 0.1) is 0 Å². The van der Waals surface area contributed by atoms with E-state index in [0.29, 0.717) is 6.42 Å². The van der Waals surface area contributed by atoms with Crippen LogP contribution in [0.15, 0.2) is 9.59 Å². The lowest BCUT2D eigenvalue weighted by molar-refractivity contribution is -0.0378. The normalized spacial score (nSPS) is 28.1. The van der Waals surface area contributed by atoms with Crippen molar-refractivity contribution in [2.75, 3.05) is 25.4 Å². The highest BCUT2D eigenvalue weighted by atomic mass is 32.1. The summed E-state index contributed by atoms with van der Waals surface area (Å²) in [5.41, 5.74) is 5.47. The molecule has 0 saturated carbocycles. The molecule has 0 spiro atoms. The molecule has 0 aromatic carbocycles. The van der Waals surface area contributed by atoms with Crippen molar-refractivity contribution in [3.8, 4) is 0 Å². The molecule has 4 N–H and O–H groups in total. The van der Waals surface area contributed by atoms with Crippen LogP contribution < -0.4 is 16.2 Å². The Morgan fingerprint density at radius 2 is 2.12 bits per heavy atom. The summed E-state index contributed by atoms with van der Waals surface area (Å²) in [6.45, 7) is 1.78. The Hall–Kier alpha value is -1.75. The number of H-pyrrole nitrogens is 1. The van der Waals surface area contributed by atoms with E-state index in [4.69, 9.17) is 10.5 Å². The number of aliphatic hydroxyl groups is 1. The number of aromatic nitrogens is 3. The molecule has 0 bridgehead atoms. The Bertz CT molecular complexity index is 868. The number of ether oxygens (including phenoxy) is 1. The van der Waals surface area contributed by atoms with Crippen LogP contribution in [0.2, 0.25) is 0 Å². The van der Waals surface area contributed by atoms with Gasteiger partial charge >= 0.3 is 4.87 Å².